The van der Waals surface area contributed by atoms with Crippen molar-refractivity contribution in [3.8, 4) is 5.75 Å². The molecule has 0 spiro atoms. The van der Waals surface area contributed by atoms with Gasteiger partial charge in [0.2, 0.25) is 10.0 Å². The maximum Gasteiger partial charge on any atom is 0.323 e. The Morgan fingerprint density at radius 2 is 1.95 bits per heavy atom. The molecule has 0 aliphatic carbocycles. The van der Waals surface area contributed by atoms with E-state index >= 15 is 0 Å². The molecule has 1 saturated heterocycles. The first-order valence-electron chi connectivity index (χ1n) is 13.0. The van der Waals surface area contributed by atoms with Gasteiger partial charge in [-0.2, -0.15) is 0 Å². The van der Waals surface area contributed by atoms with Crippen LogP contribution in [0.2, 0.25) is 5.02 Å². The summed E-state index contributed by atoms with van der Waals surface area (Å²) in [6.45, 7) is 7.88. The molecule has 0 unspecified atom stereocenters. The average Bonchev–Trinajstić information content (AvgIpc) is 2.88. The maximum atomic E-state index is 13.3. The van der Waals surface area contributed by atoms with Gasteiger partial charge in [0.05, 0.1) is 23.9 Å². The molecule has 3 N–H and O–H groups in total. The van der Waals surface area contributed by atoms with E-state index < -0.39 is 21.7 Å². The van der Waals surface area contributed by atoms with Gasteiger partial charge in [-0.15, -0.1) is 0 Å². The van der Waals surface area contributed by atoms with Crippen LogP contribution in [0.5, 0.6) is 5.75 Å². The smallest absolute Gasteiger partial charge is 0.323 e. The van der Waals surface area contributed by atoms with Gasteiger partial charge >= 0.3 is 5.97 Å². The number of carbonyl (C=O) groups is 1. The van der Waals surface area contributed by atoms with Gasteiger partial charge in [0.25, 0.3) is 0 Å². The minimum absolute atomic E-state index is 0.0284. The summed E-state index contributed by atoms with van der Waals surface area (Å²) in [5.74, 6) is -1.22. The van der Waals surface area contributed by atoms with Crippen molar-refractivity contribution in [2.24, 2.45) is 5.73 Å². The van der Waals surface area contributed by atoms with E-state index in [2.05, 4.69) is 18.7 Å². The minimum Gasteiger partial charge on any atom is -0.489 e. The van der Waals surface area contributed by atoms with Crippen molar-refractivity contribution in [2.45, 2.75) is 45.8 Å². The highest BCUT2D eigenvalue weighted by Gasteiger charge is 2.27. The normalized spacial score (nSPS) is 15.0. The molecule has 0 bridgehead atoms. The summed E-state index contributed by atoms with van der Waals surface area (Å²) in [5.41, 5.74) is 7.17. The number of ether oxygens (including phenoxy) is 2. The van der Waals surface area contributed by atoms with Crippen molar-refractivity contribution in [3.05, 3.63) is 64.7 Å². The second-order valence-electron chi connectivity index (χ2n) is 9.60. The molecular formula is C28H37ClN4O5S. The molecule has 0 atom stereocenters. The van der Waals surface area contributed by atoms with Crippen LogP contribution in [0, 0.1) is 5.41 Å². The Labute approximate surface area is 236 Å². The summed E-state index contributed by atoms with van der Waals surface area (Å²) >= 11 is 6.56. The lowest BCUT2D eigenvalue weighted by atomic mass is 10.1. The highest BCUT2D eigenvalue weighted by Crippen LogP contribution is 2.33. The summed E-state index contributed by atoms with van der Waals surface area (Å²) in [7, 11) is -4.10. The van der Waals surface area contributed by atoms with Gasteiger partial charge in [0.1, 0.15) is 17.7 Å². The van der Waals surface area contributed by atoms with Gasteiger partial charge in [0.15, 0.2) is 5.75 Å². The Balaban J connectivity index is 1.81. The zero-order chi connectivity index (χ0) is 28.6. The van der Waals surface area contributed by atoms with E-state index in [1.807, 2.05) is 6.07 Å². The number of carbonyl (C=O) groups excluding carboxylic acids is 1. The van der Waals surface area contributed by atoms with Crippen LogP contribution in [-0.4, -0.2) is 69.3 Å². The van der Waals surface area contributed by atoms with Crippen molar-refractivity contribution >= 4 is 45.2 Å². The van der Waals surface area contributed by atoms with Crippen molar-refractivity contribution in [2.75, 3.05) is 36.3 Å². The fraction of sp³-hybridized carbons (Fsp3) is 0.429. The van der Waals surface area contributed by atoms with Crippen LogP contribution in [0.15, 0.2) is 48.5 Å². The molecule has 0 saturated carbocycles. The predicted octanol–water partition coefficient (Wildman–Crippen LogP) is 4.29. The molecule has 11 heteroatoms. The number of piperidine rings is 1. The molecule has 2 aromatic rings. The number of nitrogens with zero attached hydrogens (tertiary/aromatic N) is 2. The van der Waals surface area contributed by atoms with Crippen LogP contribution in [0.4, 0.5) is 5.69 Å². The number of hydrogen-bond acceptors (Lipinski definition) is 7. The molecule has 1 aliphatic rings. The summed E-state index contributed by atoms with van der Waals surface area (Å²) in [4.78, 5) is 14.5. The molecule has 1 fully saturated rings. The second-order valence-corrected chi connectivity index (χ2v) is 11.9. The fourth-order valence-corrected chi connectivity index (χ4v) is 5.84. The molecular weight excluding hydrogens is 540 g/mol. The average molecular weight is 577 g/mol. The standard InChI is InChI=1S/C28H37ClN4O5S/c1-4-37-27(34)19-39(35,36)33(14-6-8-21-7-5-9-22(17-21)28(30)31)23-10-11-26(25(29)18-23)38-24-12-15-32(16-13-24)20(2)3/h5-11,17-18,20,24H,4,12-16,19H2,1-3H3,(H3,30,31). The van der Waals surface area contributed by atoms with Crippen LogP contribution in [0.25, 0.3) is 6.08 Å². The third-order valence-corrected chi connectivity index (χ3v) is 8.35. The number of nitrogens with two attached hydrogens (primary N) is 1. The van der Waals surface area contributed by atoms with Crippen molar-refractivity contribution in [1.82, 2.24) is 4.90 Å². The predicted molar refractivity (Wildman–Crippen MR) is 156 cm³/mol. The maximum absolute atomic E-state index is 13.3. The Morgan fingerprint density at radius 3 is 2.56 bits per heavy atom. The van der Waals surface area contributed by atoms with Gasteiger partial charge in [-0.1, -0.05) is 42.0 Å². The fourth-order valence-electron chi connectivity index (χ4n) is 4.33. The Hall–Kier alpha value is -3.08. The molecule has 212 valence electrons. The van der Waals surface area contributed by atoms with Gasteiger partial charge in [0, 0.05) is 24.7 Å². The number of benzene rings is 2. The van der Waals surface area contributed by atoms with Crippen molar-refractivity contribution < 1.29 is 22.7 Å². The number of halogens is 1. The van der Waals surface area contributed by atoms with Crippen LogP contribution in [0.3, 0.4) is 0 Å². The van der Waals surface area contributed by atoms with Gasteiger partial charge in [-0.05, 0) is 63.4 Å². The summed E-state index contributed by atoms with van der Waals surface area (Å²) in [5, 5.41) is 7.90. The lowest BCUT2D eigenvalue weighted by Gasteiger charge is -2.34. The van der Waals surface area contributed by atoms with Crippen LogP contribution >= 0.6 is 11.6 Å². The van der Waals surface area contributed by atoms with Crippen LogP contribution in [-0.2, 0) is 19.6 Å². The lowest BCUT2D eigenvalue weighted by Crippen LogP contribution is -2.41. The highest BCUT2D eigenvalue weighted by molar-refractivity contribution is 7.93. The number of nitrogen functional groups attached to an aromatic ring is 1. The van der Waals surface area contributed by atoms with Crippen LogP contribution in [0.1, 0.15) is 44.7 Å². The van der Waals surface area contributed by atoms with E-state index in [0.29, 0.717) is 23.0 Å². The van der Waals surface area contributed by atoms with Gasteiger partial charge < -0.3 is 20.1 Å². The van der Waals surface area contributed by atoms with Crippen molar-refractivity contribution in [3.63, 3.8) is 0 Å². The zero-order valence-corrected chi connectivity index (χ0v) is 24.2. The summed E-state index contributed by atoms with van der Waals surface area (Å²) in [6, 6.07) is 12.3. The largest absolute Gasteiger partial charge is 0.489 e. The number of nitrogens with one attached hydrogen (secondary N) is 1. The van der Waals surface area contributed by atoms with Gasteiger partial charge in [-0.3, -0.25) is 14.5 Å². The number of hydrogen-bond donors (Lipinski definition) is 2. The second kappa shape index (κ2) is 13.8. The molecule has 3 rings (SSSR count). The van der Waals surface area contributed by atoms with E-state index in [4.69, 9.17) is 32.2 Å². The molecule has 9 nitrogen and oxygen atoms in total. The number of sulfonamides is 1. The third-order valence-electron chi connectivity index (χ3n) is 6.42. The Morgan fingerprint density at radius 1 is 1.23 bits per heavy atom. The molecule has 1 heterocycles. The number of esters is 1. The first-order valence-corrected chi connectivity index (χ1v) is 15.0. The molecule has 0 amide bonds. The van der Waals surface area contributed by atoms with E-state index in [1.165, 1.54) is 6.07 Å². The topological polar surface area (TPSA) is 126 Å². The van der Waals surface area contributed by atoms with E-state index in [9.17, 15) is 13.2 Å². The first-order chi connectivity index (χ1) is 18.5. The lowest BCUT2D eigenvalue weighted by molar-refractivity contribution is -0.139. The molecule has 0 aromatic heterocycles. The number of likely N-dealkylation sites (tertiary alicyclic amines) is 1. The van der Waals surface area contributed by atoms with Crippen molar-refractivity contribution in [1.29, 1.82) is 5.41 Å². The summed E-state index contributed by atoms with van der Waals surface area (Å²) in [6.07, 6.45) is 5.17. The number of rotatable bonds is 12. The Bertz CT molecular complexity index is 1290. The zero-order valence-electron chi connectivity index (χ0n) is 22.6. The van der Waals surface area contributed by atoms with Crippen LogP contribution < -0.4 is 14.8 Å². The molecule has 39 heavy (non-hydrogen) atoms. The SMILES string of the molecule is CCOC(=O)CS(=O)(=O)N(CC=Cc1cccc(C(=N)N)c1)c1ccc(OC2CCN(C(C)C)CC2)c(Cl)c1. The monoisotopic (exact) mass is 576 g/mol. The van der Waals surface area contributed by atoms with E-state index in [0.717, 1.165) is 35.8 Å². The van der Waals surface area contributed by atoms with E-state index in [-0.39, 0.29) is 30.1 Å². The Kier molecular flexibility index (Phi) is 10.8. The quantitative estimate of drug-likeness (QED) is 0.219. The molecule has 0 radical (unpaired) electrons. The van der Waals surface area contributed by atoms with E-state index in [1.54, 1.807) is 49.4 Å². The number of anilines is 1. The molecule has 1 aliphatic heterocycles. The summed E-state index contributed by atoms with van der Waals surface area (Å²) < 4.78 is 38.7. The highest BCUT2D eigenvalue weighted by atomic mass is 35.5. The first kappa shape index (κ1) is 30.5. The number of amidine groups is 1. The third kappa shape index (κ3) is 8.71. The van der Waals surface area contributed by atoms with Gasteiger partial charge in [-0.25, -0.2) is 8.42 Å². The minimum atomic E-state index is -4.10. The molecule has 2 aromatic carbocycles.